The van der Waals surface area contributed by atoms with Crippen LogP contribution in [0.15, 0.2) is 42.5 Å². The van der Waals surface area contributed by atoms with Crippen LogP contribution < -0.4 is 10.1 Å². The smallest absolute Gasteiger partial charge is 0.262 e. The van der Waals surface area contributed by atoms with E-state index < -0.39 is 0 Å². The molecule has 0 saturated heterocycles. The van der Waals surface area contributed by atoms with Crippen LogP contribution in [0.25, 0.3) is 0 Å². The van der Waals surface area contributed by atoms with E-state index in [9.17, 15) is 4.79 Å². The molecule has 2 aromatic rings. The molecule has 0 aliphatic rings. The van der Waals surface area contributed by atoms with E-state index in [0.717, 1.165) is 16.8 Å². The van der Waals surface area contributed by atoms with E-state index in [2.05, 4.69) is 5.32 Å². The summed E-state index contributed by atoms with van der Waals surface area (Å²) < 4.78 is 5.59. The number of nitrogens with one attached hydrogen (secondary N) is 1. The highest BCUT2D eigenvalue weighted by Crippen LogP contribution is 2.26. The van der Waals surface area contributed by atoms with Crippen LogP contribution in [0.5, 0.6) is 5.75 Å². The summed E-state index contributed by atoms with van der Waals surface area (Å²) in [5.41, 5.74) is 2.59. The molecule has 0 fully saturated rings. The van der Waals surface area contributed by atoms with Gasteiger partial charge in [-0.05, 0) is 49.2 Å². The maximum absolute atomic E-state index is 11.8. The number of amides is 1. The minimum Gasteiger partial charge on any atom is -0.483 e. The van der Waals surface area contributed by atoms with Crippen molar-refractivity contribution in [2.45, 2.75) is 13.8 Å². The molecule has 0 aliphatic carbocycles. The lowest BCUT2D eigenvalue weighted by molar-refractivity contribution is -0.118. The van der Waals surface area contributed by atoms with Gasteiger partial charge in [-0.1, -0.05) is 29.8 Å². The summed E-state index contributed by atoms with van der Waals surface area (Å²) in [6, 6.07) is 12.9. The fourth-order valence-electron chi connectivity index (χ4n) is 1.98. The van der Waals surface area contributed by atoms with Crippen molar-refractivity contribution < 1.29 is 9.53 Å². The first-order valence-electron chi connectivity index (χ1n) is 6.30. The van der Waals surface area contributed by atoms with E-state index in [1.807, 2.05) is 56.3 Å². The molecule has 2 rings (SSSR count). The van der Waals surface area contributed by atoms with Gasteiger partial charge in [0.2, 0.25) is 0 Å². The van der Waals surface area contributed by atoms with Crippen molar-refractivity contribution in [2.75, 3.05) is 11.9 Å². The lowest BCUT2D eigenvalue weighted by atomic mass is 10.1. The van der Waals surface area contributed by atoms with E-state index in [1.165, 1.54) is 0 Å². The number of benzene rings is 2. The van der Waals surface area contributed by atoms with E-state index in [4.69, 9.17) is 16.3 Å². The molecule has 20 heavy (non-hydrogen) atoms. The second-order valence-corrected chi connectivity index (χ2v) is 5.01. The average molecular weight is 290 g/mol. The summed E-state index contributed by atoms with van der Waals surface area (Å²) in [6.45, 7) is 3.78. The zero-order valence-corrected chi connectivity index (χ0v) is 12.2. The highest BCUT2D eigenvalue weighted by molar-refractivity contribution is 6.30. The number of hydrogen-bond donors (Lipinski definition) is 1. The van der Waals surface area contributed by atoms with Gasteiger partial charge in [0.25, 0.3) is 5.91 Å². The van der Waals surface area contributed by atoms with Crippen LogP contribution in [-0.2, 0) is 4.79 Å². The van der Waals surface area contributed by atoms with Crippen molar-refractivity contribution in [1.29, 1.82) is 0 Å². The van der Waals surface area contributed by atoms with Crippen molar-refractivity contribution in [1.82, 2.24) is 0 Å². The fraction of sp³-hybridized carbons (Fsp3) is 0.188. The third-order valence-corrected chi connectivity index (χ3v) is 3.05. The first kappa shape index (κ1) is 14.4. The Morgan fingerprint density at radius 2 is 1.75 bits per heavy atom. The van der Waals surface area contributed by atoms with Crippen LogP contribution in [0.2, 0.25) is 5.02 Å². The summed E-state index contributed by atoms with van der Waals surface area (Å²) in [6.07, 6.45) is 0. The van der Waals surface area contributed by atoms with E-state index in [-0.39, 0.29) is 12.5 Å². The van der Waals surface area contributed by atoms with Gasteiger partial charge >= 0.3 is 0 Å². The number of ether oxygens (including phenoxy) is 1. The summed E-state index contributed by atoms with van der Waals surface area (Å²) in [5.74, 6) is 0.516. The molecule has 1 amide bonds. The van der Waals surface area contributed by atoms with Gasteiger partial charge in [0.15, 0.2) is 6.61 Å². The zero-order chi connectivity index (χ0) is 14.5. The lowest BCUT2D eigenvalue weighted by Gasteiger charge is -2.12. The predicted molar refractivity (Wildman–Crippen MR) is 81.5 cm³/mol. The van der Waals surface area contributed by atoms with Gasteiger partial charge in [-0.3, -0.25) is 4.79 Å². The highest BCUT2D eigenvalue weighted by atomic mass is 35.5. The van der Waals surface area contributed by atoms with Gasteiger partial charge in [-0.25, -0.2) is 0 Å². The average Bonchev–Trinajstić information content (AvgIpc) is 2.38. The number of para-hydroxylation sites is 1. The van der Waals surface area contributed by atoms with E-state index >= 15 is 0 Å². The normalized spacial score (nSPS) is 10.2. The zero-order valence-electron chi connectivity index (χ0n) is 11.4. The van der Waals surface area contributed by atoms with Gasteiger partial charge < -0.3 is 10.1 Å². The molecule has 104 valence electrons. The van der Waals surface area contributed by atoms with Crippen LogP contribution in [0.3, 0.4) is 0 Å². The minimum absolute atomic E-state index is 0.0296. The standard InChI is InChI=1S/C16H16ClNO2/c1-11-8-13(17)9-12(2)16(11)20-10-15(19)18-14-6-4-3-5-7-14/h3-9H,10H2,1-2H3,(H,18,19). The Morgan fingerprint density at radius 3 is 2.35 bits per heavy atom. The second kappa shape index (κ2) is 6.44. The Morgan fingerprint density at radius 1 is 1.15 bits per heavy atom. The molecule has 0 saturated carbocycles. The number of rotatable bonds is 4. The summed E-state index contributed by atoms with van der Waals surface area (Å²) in [5, 5.41) is 3.44. The molecular weight excluding hydrogens is 274 g/mol. The molecule has 0 heterocycles. The lowest BCUT2D eigenvalue weighted by Crippen LogP contribution is -2.20. The van der Waals surface area contributed by atoms with Gasteiger partial charge in [0.1, 0.15) is 5.75 Å². The molecule has 0 radical (unpaired) electrons. The highest BCUT2D eigenvalue weighted by Gasteiger charge is 2.08. The van der Waals surface area contributed by atoms with Crippen LogP contribution in [0.1, 0.15) is 11.1 Å². The minimum atomic E-state index is -0.190. The summed E-state index contributed by atoms with van der Waals surface area (Å²) >= 11 is 5.96. The van der Waals surface area contributed by atoms with Crippen molar-refractivity contribution in [2.24, 2.45) is 0 Å². The summed E-state index contributed by atoms with van der Waals surface area (Å²) in [4.78, 5) is 11.8. The first-order chi connectivity index (χ1) is 9.56. The molecule has 2 aromatic carbocycles. The number of aryl methyl sites for hydroxylation is 2. The van der Waals surface area contributed by atoms with Crippen LogP contribution in [0, 0.1) is 13.8 Å². The van der Waals surface area contributed by atoms with Crippen LogP contribution in [-0.4, -0.2) is 12.5 Å². The third kappa shape index (κ3) is 3.75. The van der Waals surface area contributed by atoms with Crippen LogP contribution >= 0.6 is 11.6 Å². The first-order valence-corrected chi connectivity index (χ1v) is 6.68. The van der Waals surface area contributed by atoms with Crippen molar-refractivity contribution in [3.63, 3.8) is 0 Å². The number of halogens is 1. The molecule has 0 unspecified atom stereocenters. The third-order valence-electron chi connectivity index (χ3n) is 2.83. The molecule has 0 atom stereocenters. The van der Waals surface area contributed by atoms with Gasteiger partial charge in [-0.15, -0.1) is 0 Å². The number of carbonyl (C=O) groups is 1. The molecule has 1 N–H and O–H groups in total. The van der Waals surface area contributed by atoms with E-state index in [1.54, 1.807) is 0 Å². The van der Waals surface area contributed by atoms with Crippen LogP contribution in [0.4, 0.5) is 5.69 Å². The topological polar surface area (TPSA) is 38.3 Å². The van der Waals surface area contributed by atoms with Gasteiger partial charge in [-0.2, -0.15) is 0 Å². The maximum atomic E-state index is 11.8. The number of hydrogen-bond acceptors (Lipinski definition) is 2. The number of anilines is 1. The van der Waals surface area contributed by atoms with Crippen molar-refractivity contribution in [3.8, 4) is 5.75 Å². The molecule has 0 bridgehead atoms. The van der Waals surface area contributed by atoms with Gasteiger partial charge in [0.05, 0.1) is 0 Å². The predicted octanol–water partition coefficient (Wildman–Crippen LogP) is 3.97. The Hall–Kier alpha value is -2.00. The SMILES string of the molecule is Cc1cc(Cl)cc(C)c1OCC(=O)Nc1ccccc1. The second-order valence-electron chi connectivity index (χ2n) is 4.57. The summed E-state index contributed by atoms with van der Waals surface area (Å²) in [7, 11) is 0. The Labute approximate surface area is 123 Å². The quantitative estimate of drug-likeness (QED) is 0.925. The maximum Gasteiger partial charge on any atom is 0.262 e. The van der Waals surface area contributed by atoms with Crippen molar-refractivity contribution in [3.05, 3.63) is 58.6 Å². The molecule has 0 aromatic heterocycles. The monoisotopic (exact) mass is 289 g/mol. The van der Waals surface area contributed by atoms with Crippen molar-refractivity contribution >= 4 is 23.2 Å². The molecular formula is C16H16ClNO2. The van der Waals surface area contributed by atoms with E-state index in [0.29, 0.717) is 10.8 Å². The number of carbonyl (C=O) groups excluding carboxylic acids is 1. The largest absolute Gasteiger partial charge is 0.483 e. The van der Waals surface area contributed by atoms with Gasteiger partial charge in [0, 0.05) is 10.7 Å². The Bertz CT molecular complexity index is 588. The Kier molecular flexibility index (Phi) is 4.64. The molecule has 0 spiro atoms. The molecule has 0 aliphatic heterocycles. The Balaban J connectivity index is 1.97. The fourth-order valence-corrected chi connectivity index (χ4v) is 2.31. The molecule has 3 nitrogen and oxygen atoms in total. The molecule has 4 heteroatoms.